The second-order valence-electron chi connectivity index (χ2n) is 6.96. The van der Waals surface area contributed by atoms with Gasteiger partial charge in [-0.2, -0.15) is 0 Å². The van der Waals surface area contributed by atoms with Gasteiger partial charge in [-0.3, -0.25) is 4.79 Å². The number of aliphatic imine (C=N–C) groups is 1. The molecule has 0 heterocycles. The fraction of sp³-hybridized carbons (Fsp3) is 0.364. The topological polar surface area (TPSA) is 65.5 Å². The van der Waals surface area contributed by atoms with E-state index in [-0.39, 0.29) is 35.8 Å². The van der Waals surface area contributed by atoms with Crippen LogP contribution in [0.2, 0.25) is 5.02 Å². The molecular weight excluding hydrogens is 499 g/mol. The van der Waals surface area contributed by atoms with Crippen LogP contribution in [0.1, 0.15) is 37.3 Å². The maximum atomic E-state index is 12.1. The number of anilines is 1. The number of guanidine groups is 1. The van der Waals surface area contributed by atoms with Crippen LogP contribution >= 0.6 is 35.6 Å². The molecule has 0 bridgehead atoms. The van der Waals surface area contributed by atoms with Crippen molar-refractivity contribution in [3.05, 3.63) is 64.7 Å². The molecule has 0 saturated heterocycles. The smallest absolute Gasteiger partial charge is 0.227 e. The second kappa shape index (κ2) is 12.0. The zero-order valence-electron chi connectivity index (χ0n) is 16.6. The first kappa shape index (κ1) is 23.5. The Bertz CT molecular complexity index is 839. The van der Waals surface area contributed by atoms with E-state index in [1.807, 2.05) is 55.5 Å². The van der Waals surface area contributed by atoms with Crippen LogP contribution in [0.15, 0.2) is 53.5 Å². The summed E-state index contributed by atoms with van der Waals surface area (Å²) in [6.45, 7) is 3.92. The van der Waals surface area contributed by atoms with Gasteiger partial charge in [0.15, 0.2) is 5.96 Å². The number of hydrogen-bond donors (Lipinski definition) is 3. The SMILES string of the molecule is CCNC(=NCc1cccc(NC(=O)C2CCC2)c1)NCc1ccccc1Cl.I. The monoisotopic (exact) mass is 526 g/mol. The van der Waals surface area contributed by atoms with Gasteiger partial charge in [0.2, 0.25) is 5.91 Å². The van der Waals surface area contributed by atoms with Crippen molar-refractivity contribution in [2.75, 3.05) is 11.9 Å². The first-order chi connectivity index (χ1) is 13.7. The average molecular weight is 527 g/mol. The fourth-order valence-electron chi connectivity index (χ4n) is 2.99. The highest BCUT2D eigenvalue weighted by Crippen LogP contribution is 2.27. The van der Waals surface area contributed by atoms with E-state index in [2.05, 4.69) is 20.9 Å². The van der Waals surface area contributed by atoms with Crippen molar-refractivity contribution >= 4 is 53.1 Å². The summed E-state index contributed by atoms with van der Waals surface area (Å²) in [6.07, 6.45) is 3.15. The van der Waals surface area contributed by atoms with Crippen LogP contribution in [-0.4, -0.2) is 18.4 Å². The Morgan fingerprint density at radius 3 is 2.62 bits per heavy atom. The zero-order chi connectivity index (χ0) is 19.8. The van der Waals surface area contributed by atoms with Gasteiger partial charge in [-0.05, 0) is 49.1 Å². The molecule has 0 aliphatic heterocycles. The standard InChI is InChI=1S/C22H27ClN4O.HI/c1-2-24-22(26-15-18-8-3-4-12-20(18)23)25-14-16-7-5-11-19(13-16)27-21(28)17-9-6-10-17;/h3-5,7-8,11-13,17H,2,6,9-10,14-15H2,1H3,(H,27,28)(H2,24,25,26);1H. The van der Waals surface area contributed by atoms with Crippen LogP contribution in [0, 0.1) is 5.92 Å². The van der Waals surface area contributed by atoms with Crippen LogP contribution < -0.4 is 16.0 Å². The Kier molecular flexibility index (Phi) is 9.73. The lowest BCUT2D eigenvalue weighted by molar-refractivity contribution is -0.122. The van der Waals surface area contributed by atoms with E-state index in [1.165, 1.54) is 0 Å². The summed E-state index contributed by atoms with van der Waals surface area (Å²) in [4.78, 5) is 16.8. The third-order valence-electron chi connectivity index (χ3n) is 4.84. The van der Waals surface area contributed by atoms with Gasteiger partial charge < -0.3 is 16.0 Å². The van der Waals surface area contributed by atoms with E-state index < -0.39 is 0 Å². The molecule has 2 aromatic carbocycles. The highest BCUT2D eigenvalue weighted by Gasteiger charge is 2.25. The summed E-state index contributed by atoms with van der Waals surface area (Å²) in [6, 6.07) is 15.6. The van der Waals surface area contributed by atoms with E-state index in [4.69, 9.17) is 11.6 Å². The predicted octanol–water partition coefficient (Wildman–Crippen LogP) is 4.95. The van der Waals surface area contributed by atoms with Gasteiger partial charge in [0.1, 0.15) is 0 Å². The van der Waals surface area contributed by atoms with Gasteiger partial charge in [0.25, 0.3) is 0 Å². The molecule has 5 nitrogen and oxygen atoms in total. The zero-order valence-corrected chi connectivity index (χ0v) is 19.7. The molecule has 0 spiro atoms. The normalized spacial score (nSPS) is 13.8. The molecule has 7 heteroatoms. The number of nitrogens with one attached hydrogen (secondary N) is 3. The molecule has 3 N–H and O–H groups in total. The number of benzene rings is 2. The second-order valence-corrected chi connectivity index (χ2v) is 7.36. The summed E-state index contributed by atoms with van der Waals surface area (Å²) in [5.74, 6) is 1.03. The van der Waals surface area contributed by atoms with E-state index in [0.29, 0.717) is 13.1 Å². The molecule has 0 aromatic heterocycles. The van der Waals surface area contributed by atoms with Gasteiger partial charge in [0, 0.05) is 29.7 Å². The number of rotatable bonds is 7. The van der Waals surface area contributed by atoms with E-state index in [9.17, 15) is 4.79 Å². The predicted molar refractivity (Wildman–Crippen MR) is 131 cm³/mol. The Balaban J connectivity index is 0.00000300. The molecule has 1 saturated carbocycles. The van der Waals surface area contributed by atoms with E-state index in [0.717, 1.165) is 53.6 Å². The summed E-state index contributed by atoms with van der Waals surface area (Å²) in [5, 5.41) is 10.3. The summed E-state index contributed by atoms with van der Waals surface area (Å²) < 4.78 is 0. The molecule has 1 fully saturated rings. The van der Waals surface area contributed by atoms with Crippen molar-refractivity contribution in [2.45, 2.75) is 39.3 Å². The lowest BCUT2D eigenvalue weighted by Crippen LogP contribution is -2.36. The molecule has 156 valence electrons. The van der Waals surface area contributed by atoms with E-state index in [1.54, 1.807) is 0 Å². The highest BCUT2D eigenvalue weighted by molar-refractivity contribution is 14.0. The maximum absolute atomic E-state index is 12.1. The minimum Gasteiger partial charge on any atom is -0.357 e. The number of hydrogen-bond acceptors (Lipinski definition) is 2. The van der Waals surface area contributed by atoms with Crippen molar-refractivity contribution in [2.24, 2.45) is 10.9 Å². The van der Waals surface area contributed by atoms with Gasteiger partial charge in [-0.25, -0.2) is 4.99 Å². The Morgan fingerprint density at radius 2 is 1.93 bits per heavy atom. The van der Waals surface area contributed by atoms with Crippen molar-refractivity contribution in [3.8, 4) is 0 Å². The largest absolute Gasteiger partial charge is 0.357 e. The van der Waals surface area contributed by atoms with Crippen molar-refractivity contribution in [1.82, 2.24) is 10.6 Å². The van der Waals surface area contributed by atoms with E-state index >= 15 is 0 Å². The molecule has 3 rings (SSSR count). The molecule has 0 atom stereocenters. The first-order valence-corrected chi connectivity index (χ1v) is 10.2. The Labute approximate surface area is 194 Å². The van der Waals surface area contributed by atoms with Crippen LogP contribution in [0.5, 0.6) is 0 Å². The minimum atomic E-state index is 0. The molecule has 1 aliphatic carbocycles. The van der Waals surface area contributed by atoms with Crippen LogP contribution in [0.4, 0.5) is 5.69 Å². The molecular formula is C22H28ClIN4O. The first-order valence-electron chi connectivity index (χ1n) is 9.81. The number of carbonyl (C=O) groups is 1. The summed E-state index contributed by atoms with van der Waals surface area (Å²) in [7, 11) is 0. The van der Waals surface area contributed by atoms with Crippen LogP contribution in [0.25, 0.3) is 0 Å². The van der Waals surface area contributed by atoms with Gasteiger partial charge in [-0.15, -0.1) is 24.0 Å². The number of halogens is 2. The molecule has 2 aromatic rings. The van der Waals surface area contributed by atoms with Crippen molar-refractivity contribution < 1.29 is 4.79 Å². The quantitative estimate of drug-likeness (QED) is 0.272. The van der Waals surface area contributed by atoms with Gasteiger partial charge >= 0.3 is 0 Å². The van der Waals surface area contributed by atoms with Crippen LogP contribution in [-0.2, 0) is 17.9 Å². The number of carbonyl (C=O) groups excluding carboxylic acids is 1. The lowest BCUT2D eigenvalue weighted by Gasteiger charge is -2.24. The summed E-state index contributed by atoms with van der Waals surface area (Å²) >= 11 is 6.22. The van der Waals surface area contributed by atoms with Crippen molar-refractivity contribution in [1.29, 1.82) is 0 Å². The van der Waals surface area contributed by atoms with Gasteiger partial charge in [-0.1, -0.05) is 48.4 Å². The molecule has 29 heavy (non-hydrogen) atoms. The summed E-state index contributed by atoms with van der Waals surface area (Å²) in [5.41, 5.74) is 2.90. The molecule has 1 aliphatic rings. The van der Waals surface area contributed by atoms with Crippen LogP contribution in [0.3, 0.4) is 0 Å². The highest BCUT2D eigenvalue weighted by atomic mass is 127. The number of nitrogens with zero attached hydrogens (tertiary/aromatic N) is 1. The van der Waals surface area contributed by atoms with Gasteiger partial charge in [0.05, 0.1) is 6.54 Å². The van der Waals surface area contributed by atoms with Crippen molar-refractivity contribution in [3.63, 3.8) is 0 Å². The number of amides is 1. The molecule has 1 amide bonds. The third-order valence-corrected chi connectivity index (χ3v) is 5.21. The molecule has 0 unspecified atom stereocenters. The lowest BCUT2D eigenvalue weighted by atomic mass is 9.85. The minimum absolute atomic E-state index is 0. The maximum Gasteiger partial charge on any atom is 0.227 e. The Hall–Kier alpha value is -1.80. The fourth-order valence-corrected chi connectivity index (χ4v) is 3.20. The average Bonchev–Trinajstić information content (AvgIpc) is 2.64. The Morgan fingerprint density at radius 1 is 1.14 bits per heavy atom. The molecule has 0 radical (unpaired) electrons. The third kappa shape index (κ3) is 7.19.